The van der Waals surface area contributed by atoms with Crippen LogP contribution < -0.4 is 0 Å². The lowest BCUT2D eigenvalue weighted by Crippen LogP contribution is -2.27. The molecule has 0 heterocycles. The highest BCUT2D eigenvalue weighted by molar-refractivity contribution is 7.82. The van der Waals surface area contributed by atoms with Crippen LogP contribution in [-0.2, 0) is 9.59 Å². The molecule has 0 aromatic carbocycles. The Hall–Kier alpha value is -0.770. The van der Waals surface area contributed by atoms with Gasteiger partial charge in [-0.25, -0.2) is 0 Å². The highest BCUT2D eigenvalue weighted by Crippen LogP contribution is 2.23. The highest BCUT2D eigenvalue weighted by Gasteiger charge is 2.26. The third kappa shape index (κ3) is 2.88. The lowest BCUT2D eigenvalue weighted by molar-refractivity contribution is -0.137. The van der Waals surface area contributed by atoms with E-state index in [0.717, 1.165) is 12.8 Å². The number of carbonyl (C=O) groups excluding carboxylic acids is 1. The molecule has 0 radical (unpaired) electrons. The Bertz CT molecular complexity index is 247. The van der Waals surface area contributed by atoms with Gasteiger partial charge < -0.3 is 5.11 Å². The molecule has 1 aliphatic rings. The lowest BCUT2D eigenvalue weighted by Gasteiger charge is -2.19. The van der Waals surface area contributed by atoms with Crippen molar-refractivity contribution in [1.29, 1.82) is 0 Å². The zero-order valence-electron chi connectivity index (χ0n) is 7.28. The summed E-state index contributed by atoms with van der Waals surface area (Å²) in [5, 5.41) is 8.45. The number of carbonyl (C=O) groups is 2. The van der Waals surface area contributed by atoms with Crippen molar-refractivity contribution in [1.82, 2.24) is 0 Å². The van der Waals surface area contributed by atoms with Gasteiger partial charge in [0.1, 0.15) is 0 Å². The number of carboxylic acid groups (broad SMARTS) is 1. The predicted molar refractivity (Wildman–Crippen MR) is 51.8 cm³/mol. The van der Waals surface area contributed by atoms with Crippen molar-refractivity contribution in [3.8, 4) is 0 Å². The van der Waals surface area contributed by atoms with E-state index in [1.165, 1.54) is 0 Å². The quantitative estimate of drug-likeness (QED) is 0.703. The summed E-state index contributed by atoms with van der Waals surface area (Å²) < 4.78 is 0. The molecule has 1 N–H and O–H groups in total. The Morgan fingerprint density at radius 2 is 2.31 bits per heavy atom. The number of rotatable bonds is 3. The first-order valence-electron chi connectivity index (χ1n) is 4.40. The van der Waals surface area contributed by atoms with Crippen molar-refractivity contribution >= 4 is 28.8 Å². The Kier molecular flexibility index (Phi) is 3.54. The first-order valence-corrected chi connectivity index (χ1v) is 4.81. The topological polar surface area (TPSA) is 54.4 Å². The van der Waals surface area contributed by atoms with Gasteiger partial charge in [0.25, 0.3) is 0 Å². The molecule has 0 amide bonds. The summed E-state index contributed by atoms with van der Waals surface area (Å²) in [6.07, 6.45) is 2.94. The fraction of sp³-hybridized carbons (Fsp3) is 0.667. The zero-order chi connectivity index (χ0) is 9.84. The lowest BCUT2D eigenvalue weighted by atomic mass is 9.85. The molecule has 0 saturated heterocycles. The van der Waals surface area contributed by atoms with Crippen LogP contribution in [0.15, 0.2) is 0 Å². The maximum atomic E-state index is 11.4. The smallest absolute Gasteiger partial charge is 0.303 e. The van der Waals surface area contributed by atoms with Gasteiger partial charge in [0, 0.05) is 12.3 Å². The molecule has 0 aromatic rings. The van der Waals surface area contributed by atoms with Gasteiger partial charge in [-0.3, -0.25) is 9.59 Å². The van der Waals surface area contributed by atoms with Crippen molar-refractivity contribution in [3.05, 3.63) is 0 Å². The summed E-state index contributed by atoms with van der Waals surface area (Å²) in [6, 6.07) is 0. The SMILES string of the molecule is O=C(O)CCC1CCCC(=S)C1=O. The van der Waals surface area contributed by atoms with Crippen LogP contribution in [0.5, 0.6) is 0 Å². The first kappa shape index (κ1) is 10.3. The summed E-state index contributed by atoms with van der Waals surface area (Å²) in [5.41, 5.74) is 0. The van der Waals surface area contributed by atoms with E-state index in [-0.39, 0.29) is 18.1 Å². The van der Waals surface area contributed by atoms with Crippen LogP contribution in [0.1, 0.15) is 32.1 Å². The summed E-state index contributed by atoms with van der Waals surface area (Å²) >= 11 is 4.89. The van der Waals surface area contributed by atoms with E-state index in [4.69, 9.17) is 17.3 Å². The molecular weight excluding hydrogens is 188 g/mol. The number of hydrogen-bond acceptors (Lipinski definition) is 3. The number of ketones is 1. The minimum Gasteiger partial charge on any atom is -0.481 e. The van der Waals surface area contributed by atoms with Crippen molar-refractivity contribution in [2.75, 3.05) is 0 Å². The summed E-state index contributed by atoms with van der Waals surface area (Å²) in [7, 11) is 0. The average molecular weight is 200 g/mol. The van der Waals surface area contributed by atoms with Crippen LogP contribution in [0.4, 0.5) is 0 Å². The van der Waals surface area contributed by atoms with Crippen molar-refractivity contribution in [2.45, 2.75) is 32.1 Å². The Labute approximate surface area is 82.1 Å². The normalized spacial score (nSPS) is 23.2. The van der Waals surface area contributed by atoms with Gasteiger partial charge >= 0.3 is 5.97 Å². The molecule has 4 heteroatoms. The van der Waals surface area contributed by atoms with Crippen molar-refractivity contribution in [3.63, 3.8) is 0 Å². The maximum Gasteiger partial charge on any atom is 0.303 e. The fourth-order valence-corrected chi connectivity index (χ4v) is 1.88. The predicted octanol–water partition coefficient (Wildman–Crippen LogP) is 1.59. The largest absolute Gasteiger partial charge is 0.481 e. The molecule has 1 saturated carbocycles. The molecule has 1 aliphatic carbocycles. The van der Waals surface area contributed by atoms with E-state index >= 15 is 0 Å². The van der Waals surface area contributed by atoms with Crippen LogP contribution >= 0.6 is 12.2 Å². The van der Waals surface area contributed by atoms with Crippen molar-refractivity contribution < 1.29 is 14.7 Å². The minimum absolute atomic E-state index is 0.00231. The highest BCUT2D eigenvalue weighted by atomic mass is 32.1. The van der Waals surface area contributed by atoms with E-state index < -0.39 is 5.97 Å². The zero-order valence-corrected chi connectivity index (χ0v) is 8.10. The Morgan fingerprint density at radius 1 is 1.62 bits per heavy atom. The van der Waals surface area contributed by atoms with Crippen LogP contribution in [0.3, 0.4) is 0 Å². The molecular formula is C9H12O3S. The second-order valence-corrected chi connectivity index (χ2v) is 3.80. The monoisotopic (exact) mass is 200 g/mol. The molecule has 1 fully saturated rings. The average Bonchev–Trinajstić information content (AvgIpc) is 2.07. The third-order valence-corrected chi connectivity index (χ3v) is 2.71. The van der Waals surface area contributed by atoms with Crippen molar-refractivity contribution in [2.24, 2.45) is 5.92 Å². The number of carboxylic acids is 1. The number of aliphatic carboxylic acids is 1. The molecule has 1 unspecified atom stereocenters. The second-order valence-electron chi connectivity index (χ2n) is 3.31. The van der Waals surface area contributed by atoms with E-state index in [1.54, 1.807) is 0 Å². The van der Waals surface area contributed by atoms with Crippen LogP contribution in [0, 0.1) is 5.92 Å². The van der Waals surface area contributed by atoms with Crippen LogP contribution in [0.25, 0.3) is 0 Å². The molecule has 72 valence electrons. The molecule has 1 atom stereocenters. The molecule has 3 nitrogen and oxygen atoms in total. The van der Waals surface area contributed by atoms with E-state index in [2.05, 4.69) is 0 Å². The van der Waals surface area contributed by atoms with E-state index in [1.807, 2.05) is 0 Å². The van der Waals surface area contributed by atoms with E-state index in [0.29, 0.717) is 17.7 Å². The van der Waals surface area contributed by atoms with Gasteiger partial charge in [-0.2, -0.15) is 0 Å². The van der Waals surface area contributed by atoms with Gasteiger partial charge in [-0.05, 0) is 25.7 Å². The number of hydrogen-bond donors (Lipinski definition) is 1. The van der Waals surface area contributed by atoms with E-state index in [9.17, 15) is 9.59 Å². The summed E-state index contributed by atoms with van der Waals surface area (Å²) in [5.74, 6) is -0.968. The molecule has 0 spiro atoms. The van der Waals surface area contributed by atoms with Gasteiger partial charge in [0.2, 0.25) is 0 Å². The standard InChI is InChI=1S/C9H12O3S/c10-8(11)5-4-6-2-1-3-7(13)9(6)12/h6H,1-5H2,(H,10,11). The molecule has 0 aliphatic heterocycles. The Balaban J connectivity index is 2.44. The third-order valence-electron chi connectivity index (χ3n) is 2.31. The van der Waals surface area contributed by atoms with Gasteiger partial charge in [-0.1, -0.05) is 12.2 Å². The molecule has 13 heavy (non-hydrogen) atoms. The van der Waals surface area contributed by atoms with Gasteiger partial charge in [-0.15, -0.1) is 0 Å². The van der Waals surface area contributed by atoms with Crippen LogP contribution in [-0.4, -0.2) is 21.7 Å². The molecule has 0 bridgehead atoms. The summed E-state index contributed by atoms with van der Waals surface area (Å²) in [6.45, 7) is 0. The van der Waals surface area contributed by atoms with Crippen LogP contribution in [0.2, 0.25) is 0 Å². The number of thiocarbonyl (C=S) groups is 1. The summed E-state index contributed by atoms with van der Waals surface area (Å²) in [4.78, 5) is 22.2. The maximum absolute atomic E-state index is 11.4. The molecule has 0 aromatic heterocycles. The van der Waals surface area contributed by atoms with Gasteiger partial charge in [0.15, 0.2) is 5.78 Å². The second kappa shape index (κ2) is 4.46. The molecule has 1 rings (SSSR count). The fourth-order valence-electron chi connectivity index (χ4n) is 1.56. The van der Waals surface area contributed by atoms with Gasteiger partial charge in [0.05, 0.1) is 4.86 Å². The first-order chi connectivity index (χ1) is 6.11. The number of Topliss-reactive ketones (excluding diaryl/α,β-unsaturated/α-hetero) is 1. The minimum atomic E-state index is -0.843. The Morgan fingerprint density at radius 3 is 2.92 bits per heavy atom.